The van der Waals surface area contributed by atoms with E-state index in [1.807, 2.05) is 13.8 Å². The molecule has 0 aliphatic rings. The highest BCUT2D eigenvalue weighted by atomic mass is 35.5. The maximum Gasteiger partial charge on any atom is 0.145 e. The molecule has 0 aliphatic heterocycles. The van der Waals surface area contributed by atoms with Gasteiger partial charge in [-0.05, 0) is 55.5 Å². The van der Waals surface area contributed by atoms with Crippen LogP contribution in [0.4, 0.5) is 4.39 Å². The van der Waals surface area contributed by atoms with Crippen molar-refractivity contribution < 1.29 is 9.50 Å². The first-order valence-corrected chi connectivity index (χ1v) is 7.44. The Hall–Kier alpha value is -1.38. The standard InChI is InChI=1S/C18H20ClFO/c1-11-7-12(2)16(13(3)8-11)10-15(21)9-14-5-4-6-17(19)18(14)20/h4-8,15,21H,9-10H2,1-3H3. The lowest BCUT2D eigenvalue weighted by molar-refractivity contribution is 0.173. The number of hydrogen-bond donors (Lipinski definition) is 1. The quantitative estimate of drug-likeness (QED) is 0.878. The van der Waals surface area contributed by atoms with Gasteiger partial charge in [-0.3, -0.25) is 0 Å². The van der Waals surface area contributed by atoms with Gasteiger partial charge in [0.1, 0.15) is 5.82 Å². The highest BCUT2D eigenvalue weighted by Gasteiger charge is 2.14. The molecular formula is C18H20ClFO. The minimum Gasteiger partial charge on any atom is -0.392 e. The van der Waals surface area contributed by atoms with Gasteiger partial charge in [0.25, 0.3) is 0 Å². The lowest BCUT2D eigenvalue weighted by Gasteiger charge is -2.16. The zero-order valence-corrected chi connectivity index (χ0v) is 13.3. The van der Waals surface area contributed by atoms with Crippen LogP contribution in [0.25, 0.3) is 0 Å². The normalized spacial score (nSPS) is 12.5. The van der Waals surface area contributed by atoms with E-state index in [2.05, 4.69) is 19.1 Å². The van der Waals surface area contributed by atoms with Crippen molar-refractivity contribution in [1.29, 1.82) is 0 Å². The summed E-state index contributed by atoms with van der Waals surface area (Å²) in [6, 6.07) is 9.10. The number of benzene rings is 2. The van der Waals surface area contributed by atoms with Crippen molar-refractivity contribution in [3.63, 3.8) is 0 Å². The van der Waals surface area contributed by atoms with Gasteiger partial charge in [0, 0.05) is 6.42 Å². The van der Waals surface area contributed by atoms with Crippen LogP contribution in [-0.4, -0.2) is 11.2 Å². The summed E-state index contributed by atoms with van der Waals surface area (Å²) >= 11 is 5.77. The fourth-order valence-corrected chi connectivity index (χ4v) is 2.99. The van der Waals surface area contributed by atoms with Gasteiger partial charge in [-0.1, -0.05) is 41.4 Å². The van der Waals surface area contributed by atoms with Crippen LogP contribution in [0.2, 0.25) is 5.02 Å². The Bertz CT molecular complexity index is 629. The summed E-state index contributed by atoms with van der Waals surface area (Å²) in [6.45, 7) is 6.14. The molecule has 0 heterocycles. The van der Waals surface area contributed by atoms with E-state index >= 15 is 0 Å². The Morgan fingerprint density at radius 1 is 1.10 bits per heavy atom. The number of halogens is 2. The first-order valence-electron chi connectivity index (χ1n) is 7.06. The molecule has 112 valence electrons. The molecule has 1 atom stereocenters. The summed E-state index contributed by atoms with van der Waals surface area (Å²) in [5.74, 6) is -0.435. The van der Waals surface area contributed by atoms with Crippen LogP contribution in [0.1, 0.15) is 27.8 Å². The molecule has 0 spiro atoms. The minimum absolute atomic E-state index is 0.0994. The Kier molecular flexibility index (Phi) is 5.02. The van der Waals surface area contributed by atoms with E-state index in [4.69, 9.17) is 11.6 Å². The van der Waals surface area contributed by atoms with Crippen LogP contribution in [0.15, 0.2) is 30.3 Å². The van der Waals surface area contributed by atoms with Gasteiger partial charge in [-0.2, -0.15) is 0 Å². The highest BCUT2D eigenvalue weighted by molar-refractivity contribution is 6.30. The summed E-state index contributed by atoms with van der Waals surface area (Å²) in [4.78, 5) is 0. The van der Waals surface area contributed by atoms with Gasteiger partial charge in [0.2, 0.25) is 0 Å². The van der Waals surface area contributed by atoms with Crippen LogP contribution in [0.3, 0.4) is 0 Å². The van der Waals surface area contributed by atoms with Crippen LogP contribution in [0.5, 0.6) is 0 Å². The van der Waals surface area contributed by atoms with Crippen LogP contribution < -0.4 is 0 Å². The third-order valence-corrected chi connectivity index (χ3v) is 4.06. The molecule has 1 nitrogen and oxygen atoms in total. The first-order chi connectivity index (χ1) is 9.88. The van der Waals surface area contributed by atoms with E-state index in [0.717, 1.165) is 16.7 Å². The molecule has 0 aliphatic carbocycles. The van der Waals surface area contributed by atoms with Crippen LogP contribution >= 0.6 is 11.6 Å². The molecule has 1 unspecified atom stereocenters. The molecule has 2 rings (SSSR count). The summed E-state index contributed by atoms with van der Waals surface area (Å²) in [7, 11) is 0. The molecule has 2 aromatic carbocycles. The Balaban J connectivity index is 2.16. The van der Waals surface area contributed by atoms with Crippen LogP contribution in [0, 0.1) is 26.6 Å². The molecule has 21 heavy (non-hydrogen) atoms. The van der Waals surface area contributed by atoms with Gasteiger partial charge >= 0.3 is 0 Å². The maximum atomic E-state index is 13.9. The van der Waals surface area contributed by atoms with Crippen molar-refractivity contribution in [2.45, 2.75) is 39.7 Å². The third-order valence-electron chi connectivity index (χ3n) is 3.77. The van der Waals surface area contributed by atoms with E-state index in [1.165, 1.54) is 11.6 Å². The number of hydrogen-bond acceptors (Lipinski definition) is 1. The average molecular weight is 307 g/mol. The predicted molar refractivity (Wildman–Crippen MR) is 85.5 cm³/mol. The monoisotopic (exact) mass is 306 g/mol. The van der Waals surface area contributed by atoms with E-state index in [0.29, 0.717) is 12.0 Å². The van der Waals surface area contributed by atoms with Gasteiger partial charge in [0.15, 0.2) is 0 Å². The number of aliphatic hydroxyl groups is 1. The zero-order valence-electron chi connectivity index (χ0n) is 12.6. The van der Waals surface area contributed by atoms with Crippen LogP contribution in [-0.2, 0) is 12.8 Å². The van der Waals surface area contributed by atoms with E-state index < -0.39 is 11.9 Å². The van der Waals surface area contributed by atoms with Crippen molar-refractivity contribution in [2.75, 3.05) is 0 Å². The van der Waals surface area contributed by atoms with Gasteiger partial charge in [0.05, 0.1) is 11.1 Å². The minimum atomic E-state index is -0.627. The second-order valence-corrected chi connectivity index (χ2v) is 6.06. The van der Waals surface area contributed by atoms with Crippen molar-refractivity contribution in [3.8, 4) is 0 Å². The SMILES string of the molecule is Cc1cc(C)c(CC(O)Cc2cccc(Cl)c2F)c(C)c1. The fourth-order valence-electron chi connectivity index (χ4n) is 2.80. The summed E-state index contributed by atoms with van der Waals surface area (Å²) in [6.07, 6.45) is 0.154. The summed E-state index contributed by atoms with van der Waals surface area (Å²) in [5, 5.41) is 10.4. The van der Waals surface area contributed by atoms with E-state index in [1.54, 1.807) is 12.1 Å². The zero-order chi connectivity index (χ0) is 15.6. The molecule has 0 saturated carbocycles. The highest BCUT2D eigenvalue weighted by Crippen LogP contribution is 2.22. The maximum absolute atomic E-state index is 13.9. The number of aliphatic hydroxyl groups excluding tert-OH is 1. The van der Waals surface area contributed by atoms with Gasteiger partial charge in [-0.25, -0.2) is 4.39 Å². The smallest absolute Gasteiger partial charge is 0.145 e. The Labute approximate surface area is 130 Å². The molecule has 0 aromatic heterocycles. The topological polar surface area (TPSA) is 20.2 Å². The second-order valence-electron chi connectivity index (χ2n) is 5.65. The predicted octanol–water partition coefficient (Wildman–Crippen LogP) is 4.55. The lowest BCUT2D eigenvalue weighted by atomic mass is 9.93. The van der Waals surface area contributed by atoms with Crippen molar-refractivity contribution in [1.82, 2.24) is 0 Å². The molecule has 0 saturated heterocycles. The van der Waals surface area contributed by atoms with Gasteiger partial charge in [-0.15, -0.1) is 0 Å². The van der Waals surface area contributed by atoms with E-state index in [-0.39, 0.29) is 11.4 Å². The van der Waals surface area contributed by atoms with Crippen molar-refractivity contribution >= 4 is 11.6 Å². The molecule has 0 radical (unpaired) electrons. The lowest BCUT2D eigenvalue weighted by Crippen LogP contribution is -2.16. The Morgan fingerprint density at radius 3 is 2.33 bits per heavy atom. The van der Waals surface area contributed by atoms with Crippen molar-refractivity contribution in [2.24, 2.45) is 0 Å². The summed E-state index contributed by atoms with van der Waals surface area (Å²) in [5.41, 5.74) is 5.13. The summed E-state index contributed by atoms with van der Waals surface area (Å²) < 4.78 is 13.9. The van der Waals surface area contributed by atoms with E-state index in [9.17, 15) is 9.50 Å². The average Bonchev–Trinajstić information content (AvgIpc) is 2.39. The molecule has 0 bridgehead atoms. The number of aryl methyl sites for hydroxylation is 3. The molecule has 3 heteroatoms. The molecule has 2 aromatic rings. The molecule has 1 N–H and O–H groups in total. The van der Waals surface area contributed by atoms with Gasteiger partial charge < -0.3 is 5.11 Å². The Morgan fingerprint density at radius 2 is 1.71 bits per heavy atom. The first kappa shape index (κ1) is 16.0. The molecular weight excluding hydrogens is 287 g/mol. The molecule has 0 fully saturated rings. The fraction of sp³-hybridized carbons (Fsp3) is 0.333. The third kappa shape index (κ3) is 3.84. The number of rotatable bonds is 4. The molecule has 0 amide bonds. The largest absolute Gasteiger partial charge is 0.392 e. The van der Waals surface area contributed by atoms with Crippen molar-refractivity contribution in [3.05, 3.63) is 69.0 Å². The second kappa shape index (κ2) is 6.59.